The van der Waals surface area contributed by atoms with Gasteiger partial charge in [-0.1, -0.05) is 36.2 Å². The lowest BCUT2D eigenvalue weighted by Crippen LogP contribution is -2.30. The van der Waals surface area contributed by atoms with Gasteiger partial charge in [-0.25, -0.2) is 8.42 Å². The number of rotatable bonds is 4. The van der Waals surface area contributed by atoms with E-state index in [4.69, 9.17) is 11.6 Å². The highest BCUT2D eigenvalue weighted by Gasteiger charge is 2.19. The van der Waals surface area contributed by atoms with Gasteiger partial charge in [-0.15, -0.1) is 11.3 Å². The smallest absolute Gasteiger partial charge is 0.267 e. The van der Waals surface area contributed by atoms with Crippen LogP contribution in [0.2, 0.25) is 5.02 Å². The summed E-state index contributed by atoms with van der Waals surface area (Å²) in [5.74, 6) is 0.173. The monoisotopic (exact) mass is 461 g/mol. The van der Waals surface area contributed by atoms with E-state index < -0.39 is 10.0 Å². The Morgan fingerprint density at radius 1 is 1.03 bits per heavy atom. The van der Waals surface area contributed by atoms with Crippen molar-refractivity contribution in [2.24, 2.45) is 4.99 Å². The highest BCUT2D eigenvalue weighted by Crippen LogP contribution is 2.35. The molecule has 1 aliphatic rings. The predicted octanol–water partition coefficient (Wildman–Crippen LogP) is 5.06. The molecular weight excluding hydrogens is 442 g/mol. The van der Waals surface area contributed by atoms with E-state index >= 15 is 0 Å². The molecule has 0 spiro atoms. The number of carbonyl (C=O) groups excluding carboxylic acids is 1. The number of carbonyl (C=O) groups is 1. The minimum absolute atomic E-state index is 0.118. The van der Waals surface area contributed by atoms with Gasteiger partial charge in [0.15, 0.2) is 0 Å². The van der Waals surface area contributed by atoms with Crippen LogP contribution in [0.1, 0.15) is 35.4 Å². The van der Waals surface area contributed by atoms with Crippen molar-refractivity contribution in [3.63, 3.8) is 0 Å². The van der Waals surface area contributed by atoms with Crippen molar-refractivity contribution >= 4 is 60.5 Å². The number of sulfonamides is 1. The van der Waals surface area contributed by atoms with Gasteiger partial charge >= 0.3 is 0 Å². The molecule has 156 valence electrons. The molecule has 4 rings (SSSR count). The summed E-state index contributed by atoms with van der Waals surface area (Å²) in [6, 6.07) is 13.6. The van der Waals surface area contributed by atoms with Gasteiger partial charge in [-0.2, -0.15) is 0 Å². The molecule has 30 heavy (non-hydrogen) atoms. The van der Waals surface area contributed by atoms with Gasteiger partial charge in [0, 0.05) is 28.7 Å². The minimum atomic E-state index is -3.71. The van der Waals surface area contributed by atoms with Gasteiger partial charge in [0.05, 0.1) is 9.92 Å². The molecular formula is C21H20ClN3O3S2. The topological polar surface area (TPSA) is 87.6 Å². The molecule has 3 aromatic rings. The summed E-state index contributed by atoms with van der Waals surface area (Å²) in [7, 11) is -3.71. The molecule has 2 heterocycles. The van der Waals surface area contributed by atoms with Crippen LogP contribution in [0.3, 0.4) is 0 Å². The summed E-state index contributed by atoms with van der Waals surface area (Å²) in [6.45, 7) is 0.642. The van der Waals surface area contributed by atoms with Crippen molar-refractivity contribution in [1.29, 1.82) is 0 Å². The first-order chi connectivity index (χ1) is 14.4. The third kappa shape index (κ3) is 4.50. The second-order valence-corrected chi connectivity index (χ2v) is 10.1. The lowest BCUT2D eigenvalue weighted by atomic mass is 10.2. The third-order valence-electron chi connectivity index (χ3n) is 4.79. The average molecular weight is 462 g/mol. The highest BCUT2D eigenvalue weighted by molar-refractivity contribution is 7.90. The first-order valence-corrected chi connectivity index (χ1v) is 12.3. The van der Waals surface area contributed by atoms with Gasteiger partial charge in [0.25, 0.3) is 15.9 Å². The van der Waals surface area contributed by atoms with Crippen molar-refractivity contribution in [2.75, 3.05) is 11.9 Å². The van der Waals surface area contributed by atoms with Crippen molar-refractivity contribution < 1.29 is 13.2 Å². The summed E-state index contributed by atoms with van der Waals surface area (Å²) < 4.78 is 28.7. The Hall–Kier alpha value is -2.42. The predicted molar refractivity (Wildman–Crippen MR) is 122 cm³/mol. The Morgan fingerprint density at radius 3 is 2.57 bits per heavy atom. The molecule has 0 radical (unpaired) electrons. The number of halogens is 1. The maximum atomic E-state index is 12.7. The quantitative estimate of drug-likeness (QED) is 0.569. The Balaban J connectivity index is 1.48. The number of hydrogen-bond acceptors (Lipinski definition) is 5. The van der Waals surface area contributed by atoms with Crippen LogP contribution in [0.25, 0.3) is 10.1 Å². The summed E-state index contributed by atoms with van der Waals surface area (Å²) in [6.07, 6.45) is 3.58. The molecule has 0 aliphatic carbocycles. The summed E-state index contributed by atoms with van der Waals surface area (Å²) in [5.41, 5.74) is 0.485. The van der Waals surface area contributed by atoms with Crippen LogP contribution in [0, 0.1) is 0 Å². The fraction of sp³-hybridized carbons (Fsp3) is 0.238. The van der Waals surface area contributed by atoms with E-state index in [1.807, 2.05) is 24.3 Å². The molecule has 0 saturated carbocycles. The molecule has 0 bridgehead atoms. The van der Waals surface area contributed by atoms with Crippen LogP contribution in [0.15, 0.2) is 58.4 Å². The first-order valence-electron chi connectivity index (χ1n) is 9.59. The minimum Gasteiger partial charge on any atom is -0.321 e. The summed E-state index contributed by atoms with van der Waals surface area (Å²) >= 11 is 7.68. The number of amidine groups is 1. The third-order valence-corrected chi connectivity index (χ3v) is 7.86. The number of amides is 1. The van der Waals surface area contributed by atoms with Crippen LogP contribution in [0.4, 0.5) is 5.69 Å². The zero-order valence-electron chi connectivity index (χ0n) is 16.0. The molecule has 9 heteroatoms. The lowest BCUT2D eigenvalue weighted by Gasteiger charge is -2.10. The number of hydrogen-bond donors (Lipinski definition) is 2. The Bertz CT molecular complexity index is 1220. The largest absolute Gasteiger partial charge is 0.321 e. The van der Waals surface area contributed by atoms with E-state index in [0.29, 0.717) is 34.4 Å². The summed E-state index contributed by atoms with van der Waals surface area (Å²) in [5, 5.41) is 4.03. The van der Waals surface area contributed by atoms with Crippen molar-refractivity contribution in [3.8, 4) is 0 Å². The molecule has 0 saturated heterocycles. The number of nitrogens with one attached hydrogen (secondary N) is 2. The Labute approximate surface area is 184 Å². The van der Waals surface area contributed by atoms with Gasteiger partial charge < -0.3 is 5.32 Å². The number of aliphatic imine (C=N–C) groups is 1. The standard InChI is InChI=1S/C21H20ClN3O3S2/c22-19-16-6-3-4-7-17(16)29-20(19)21(26)24-14-9-11-15(12-10-14)30(27,28)25-18-8-2-1-5-13-23-18/h3-4,6-7,9-12H,1-2,5,8,13H2,(H,23,25)(H,24,26). The van der Waals surface area contributed by atoms with Crippen LogP contribution >= 0.6 is 22.9 Å². The van der Waals surface area contributed by atoms with Crippen LogP contribution < -0.4 is 10.0 Å². The molecule has 0 fully saturated rings. The maximum absolute atomic E-state index is 12.7. The molecule has 0 atom stereocenters. The lowest BCUT2D eigenvalue weighted by molar-refractivity contribution is 0.103. The maximum Gasteiger partial charge on any atom is 0.267 e. The van der Waals surface area contributed by atoms with E-state index in [1.54, 1.807) is 12.1 Å². The SMILES string of the molecule is O=C(Nc1ccc(S(=O)(=O)NC2=NCCCCC2)cc1)c1sc2ccccc2c1Cl. The van der Waals surface area contributed by atoms with Crippen LogP contribution in [-0.4, -0.2) is 26.7 Å². The Kier molecular flexibility index (Phi) is 6.08. The van der Waals surface area contributed by atoms with E-state index in [9.17, 15) is 13.2 Å². The fourth-order valence-corrected chi connectivity index (χ4v) is 5.74. The molecule has 1 aromatic heterocycles. The van der Waals surface area contributed by atoms with E-state index in [0.717, 1.165) is 29.3 Å². The molecule has 1 aliphatic heterocycles. The zero-order valence-corrected chi connectivity index (χ0v) is 18.4. The van der Waals surface area contributed by atoms with Gasteiger partial charge in [-0.3, -0.25) is 14.5 Å². The number of benzene rings is 2. The van der Waals surface area contributed by atoms with Gasteiger partial charge in [-0.05, 0) is 43.2 Å². The Morgan fingerprint density at radius 2 is 1.80 bits per heavy atom. The average Bonchev–Trinajstić information content (AvgIpc) is 2.88. The van der Waals surface area contributed by atoms with Crippen LogP contribution in [0.5, 0.6) is 0 Å². The number of nitrogens with zero attached hydrogens (tertiary/aromatic N) is 1. The second-order valence-electron chi connectivity index (χ2n) is 6.96. The fourth-order valence-electron chi connectivity index (χ4n) is 3.24. The molecule has 1 amide bonds. The van der Waals surface area contributed by atoms with Crippen molar-refractivity contribution in [1.82, 2.24) is 4.72 Å². The van der Waals surface area contributed by atoms with E-state index in [2.05, 4.69) is 15.0 Å². The second kappa shape index (κ2) is 8.75. The van der Waals surface area contributed by atoms with E-state index in [1.165, 1.54) is 23.5 Å². The number of anilines is 1. The van der Waals surface area contributed by atoms with E-state index in [-0.39, 0.29) is 10.8 Å². The van der Waals surface area contributed by atoms with Gasteiger partial charge in [0.2, 0.25) is 0 Å². The normalized spacial score (nSPS) is 14.8. The molecule has 6 nitrogen and oxygen atoms in total. The highest BCUT2D eigenvalue weighted by atomic mass is 35.5. The first kappa shape index (κ1) is 20.8. The molecule has 2 N–H and O–H groups in total. The van der Waals surface area contributed by atoms with Crippen molar-refractivity contribution in [2.45, 2.75) is 30.6 Å². The summed E-state index contributed by atoms with van der Waals surface area (Å²) in [4.78, 5) is 17.5. The van der Waals surface area contributed by atoms with Crippen LogP contribution in [-0.2, 0) is 10.0 Å². The van der Waals surface area contributed by atoms with Gasteiger partial charge in [0.1, 0.15) is 10.7 Å². The number of fused-ring (bicyclic) bond motifs is 1. The molecule has 2 aromatic carbocycles. The van der Waals surface area contributed by atoms with Crippen molar-refractivity contribution in [3.05, 3.63) is 58.4 Å². The molecule has 0 unspecified atom stereocenters. The zero-order chi connectivity index (χ0) is 21.1. The number of thiophene rings is 1.